The number of hydrogen-bond donors (Lipinski definition) is 0. The lowest BCUT2D eigenvalue weighted by atomic mass is 10.2. The molecule has 0 aliphatic rings. The summed E-state index contributed by atoms with van der Waals surface area (Å²) in [5.41, 5.74) is 0. The van der Waals surface area contributed by atoms with Crippen LogP contribution in [0.5, 0.6) is 0 Å². The Morgan fingerprint density at radius 3 is 2.40 bits per heavy atom. The summed E-state index contributed by atoms with van der Waals surface area (Å²) in [5, 5.41) is 0. The van der Waals surface area contributed by atoms with Crippen LogP contribution in [0.15, 0.2) is 0 Å². The maximum atomic E-state index is 10.9. The van der Waals surface area contributed by atoms with Crippen LogP contribution in [0.4, 0.5) is 0 Å². The maximum Gasteiger partial charge on any atom is 0.305 e. The summed E-state index contributed by atoms with van der Waals surface area (Å²) in [7, 11) is 3.13. The topological polar surface area (TPSA) is 38.8 Å². The molecule has 0 fully saturated rings. The van der Waals surface area contributed by atoms with Crippen molar-refractivity contribution < 1.29 is 14.3 Å². The van der Waals surface area contributed by atoms with Crippen molar-refractivity contribution in [1.29, 1.82) is 0 Å². The minimum absolute atomic E-state index is 0.134. The van der Waals surface area contributed by atoms with Gasteiger partial charge in [0.05, 0.1) is 13.7 Å². The number of rotatable bonds is 8. The molecule has 0 amide bonds. The summed E-state index contributed by atoms with van der Waals surface area (Å²) in [4.78, 5) is 13.2. The second kappa shape index (κ2) is 8.68. The molecule has 0 rings (SSSR count). The van der Waals surface area contributed by atoms with E-state index in [4.69, 9.17) is 4.74 Å². The van der Waals surface area contributed by atoms with Gasteiger partial charge >= 0.3 is 5.97 Å². The van der Waals surface area contributed by atoms with Crippen LogP contribution in [-0.2, 0) is 14.3 Å². The van der Waals surface area contributed by atoms with Crippen molar-refractivity contribution in [3.05, 3.63) is 0 Å². The fourth-order valence-corrected chi connectivity index (χ4v) is 1.37. The maximum absolute atomic E-state index is 10.9. The van der Waals surface area contributed by atoms with Gasteiger partial charge in [0.1, 0.15) is 0 Å². The minimum atomic E-state index is -0.134. The summed E-state index contributed by atoms with van der Waals surface area (Å²) in [5.74, 6) is -0.134. The molecule has 0 saturated carbocycles. The predicted molar refractivity (Wildman–Crippen MR) is 59.8 cm³/mol. The molecule has 4 heteroatoms. The summed E-state index contributed by atoms with van der Waals surface area (Å²) in [6, 6.07) is 0.484. The predicted octanol–water partition coefficient (Wildman–Crippen LogP) is 1.30. The smallest absolute Gasteiger partial charge is 0.305 e. The molecule has 90 valence electrons. The van der Waals surface area contributed by atoms with E-state index in [1.165, 1.54) is 7.11 Å². The normalized spacial score (nSPS) is 11.1. The first kappa shape index (κ1) is 14.4. The molecular weight excluding hydrogens is 194 g/mol. The number of carbonyl (C=O) groups excluding carboxylic acids is 1. The van der Waals surface area contributed by atoms with E-state index in [9.17, 15) is 4.79 Å². The largest absolute Gasteiger partial charge is 0.469 e. The molecule has 0 saturated heterocycles. The van der Waals surface area contributed by atoms with Crippen molar-refractivity contribution in [3.8, 4) is 0 Å². The molecule has 0 atom stereocenters. The quantitative estimate of drug-likeness (QED) is 0.574. The van der Waals surface area contributed by atoms with Gasteiger partial charge in [0.25, 0.3) is 0 Å². The third kappa shape index (κ3) is 7.33. The van der Waals surface area contributed by atoms with Crippen LogP contribution in [0.3, 0.4) is 0 Å². The highest BCUT2D eigenvalue weighted by Crippen LogP contribution is 2.02. The average Bonchev–Trinajstić information content (AvgIpc) is 2.22. The number of ether oxygens (including phenoxy) is 2. The second-order valence-electron chi connectivity index (χ2n) is 3.80. The van der Waals surface area contributed by atoms with Gasteiger partial charge in [-0.25, -0.2) is 0 Å². The second-order valence-corrected chi connectivity index (χ2v) is 3.80. The summed E-state index contributed by atoms with van der Waals surface area (Å²) < 4.78 is 9.63. The highest BCUT2D eigenvalue weighted by Gasteiger charge is 2.09. The van der Waals surface area contributed by atoms with Crippen LogP contribution in [0.25, 0.3) is 0 Å². The van der Waals surface area contributed by atoms with Gasteiger partial charge in [-0.1, -0.05) is 0 Å². The van der Waals surface area contributed by atoms with E-state index < -0.39 is 0 Å². The van der Waals surface area contributed by atoms with Crippen LogP contribution in [0.1, 0.15) is 26.7 Å². The van der Waals surface area contributed by atoms with Crippen molar-refractivity contribution in [2.75, 3.05) is 33.9 Å². The molecule has 0 radical (unpaired) electrons. The first-order valence-corrected chi connectivity index (χ1v) is 5.41. The number of methoxy groups -OCH3 is 2. The van der Waals surface area contributed by atoms with Gasteiger partial charge in [-0.15, -0.1) is 0 Å². The Hall–Kier alpha value is -0.610. The Balaban J connectivity index is 3.70. The molecule has 0 aromatic rings. The van der Waals surface area contributed by atoms with Crippen molar-refractivity contribution in [2.24, 2.45) is 0 Å². The number of hydrogen-bond acceptors (Lipinski definition) is 4. The van der Waals surface area contributed by atoms with Gasteiger partial charge in [-0.3, -0.25) is 9.69 Å². The van der Waals surface area contributed by atoms with Crippen molar-refractivity contribution in [2.45, 2.75) is 32.7 Å². The van der Waals surface area contributed by atoms with Crippen LogP contribution in [0.2, 0.25) is 0 Å². The zero-order valence-electron chi connectivity index (χ0n) is 10.3. The van der Waals surface area contributed by atoms with E-state index in [-0.39, 0.29) is 5.97 Å². The zero-order valence-corrected chi connectivity index (χ0v) is 10.3. The Bertz CT molecular complexity index is 171. The third-order valence-electron chi connectivity index (χ3n) is 2.37. The van der Waals surface area contributed by atoms with E-state index in [0.717, 1.165) is 26.1 Å². The first-order chi connectivity index (χ1) is 7.11. The fraction of sp³-hybridized carbons (Fsp3) is 0.909. The van der Waals surface area contributed by atoms with E-state index in [0.29, 0.717) is 12.5 Å². The Morgan fingerprint density at radius 1 is 1.27 bits per heavy atom. The lowest BCUT2D eigenvalue weighted by Gasteiger charge is -2.25. The lowest BCUT2D eigenvalue weighted by Crippen LogP contribution is -2.34. The van der Waals surface area contributed by atoms with Crippen LogP contribution in [-0.4, -0.2) is 50.8 Å². The lowest BCUT2D eigenvalue weighted by molar-refractivity contribution is -0.140. The molecule has 0 spiro atoms. The van der Waals surface area contributed by atoms with Crippen molar-refractivity contribution >= 4 is 5.97 Å². The molecule has 0 heterocycles. The standard InChI is InChI=1S/C11H23NO3/c1-10(2)12(8-9-14-3)7-5-6-11(13)15-4/h10H,5-9H2,1-4H3. The van der Waals surface area contributed by atoms with Gasteiger partial charge < -0.3 is 9.47 Å². The van der Waals surface area contributed by atoms with Crippen LogP contribution < -0.4 is 0 Å². The number of esters is 1. The van der Waals surface area contributed by atoms with E-state index >= 15 is 0 Å². The number of carbonyl (C=O) groups is 1. The molecule has 0 aromatic carbocycles. The molecular formula is C11H23NO3. The zero-order chi connectivity index (χ0) is 11.7. The van der Waals surface area contributed by atoms with E-state index in [2.05, 4.69) is 23.5 Å². The summed E-state index contributed by atoms with van der Waals surface area (Å²) >= 11 is 0. The van der Waals surface area contributed by atoms with E-state index in [1.807, 2.05) is 0 Å². The van der Waals surface area contributed by atoms with Crippen LogP contribution >= 0.6 is 0 Å². The van der Waals surface area contributed by atoms with Gasteiger partial charge in [0, 0.05) is 26.1 Å². The van der Waals surface area contributed by atoms with Crippen molar-refractivity contribution in [1.82, 2.24) is 4.90 Å². The van der Waals surface area contributed by atoms with Gasteiger partial charge in [0.2, 0.25) is 0 Å². The number of nitrogens with zero attached hydrogens (tertiary/aromatic N) is 1. The molecule has 0 aliphatic heterocycles. The molecule has 0 aromatic heterocycles. The molecule has 0 unspecified atom stereocenters. The Kier molecular flexibility index (Phi) is 8.33. The van der Waals surface area contributed by atoms with Crippen LogP contribution in [0, 0.1) is 0 Å². The van der Waals surface area contributed by atoms with Crippen molar-refractivity contribution in [3.63, 3.8) is 0 Å². The molecule has 0 N–H and O–H groups in total. The molecule has 0 aliphatic carbocycles. The first-order valence-electron chi connectivity index (χ1n) is 5.41. The molecule has 4 nitrogen and oxygen atoms in total. The van der Waals surface area contributed by atoms with E-state index in [1.54, 1.807) is 7.11 Å². The monoisotopic (exact) mass is 217 g/mol. The molecule has 0 bridgehead atoms. The Morgan fingerprint density at radius 2 is 1.93 bits per heavy atom. The Labute approximate surface area is 92.5 Å². The van der Waals surface area contributed by atoms with Gasteiger partial charge in [-0.2, -0.15) is 0 Å². The molecule has 15 heavy (non-hydrogen) atoms. The highest BCUT2D eigenvalue weighted by atomic mass is 16.5. The average molecular weight is 217 g/mol. The minimum Gasteiger partial charge on any atom is -0.469 e. The highest BCUT2D eigenvalue weighted by molar-refractivity contribution is 5.69. The third-order valence-corrected chi connectivity index (χ3v) is 2.37. The summed E-state index contributed by atoms with van der Waals surface area (Å²) in [6.07, 6.45) is 1.33. The van der Waals surface area contributed by atoms with Gasteiger partial charge in [-0.05, 0) is 26.8 Å². The van der Waals surface area contributed by atoms with Gasteiger partial charge in [0.15, 0.2) is 0 Å². The SMILES string of the molecule is COCCN(CCCC(=O)OC)C(C)C. The fourth-order valence-electron chi connectivity index (χ4n) is 1.37. The summed E-state index contributed by atoms with van der Waals surface area (Å²) in [6.45, 7) is 6.85.